The van der Waals surface area contributed by atoms with Crippen LogP contribution in [-0.4, -0.2) is 39.3 Å². The molecule has 2 heterocycles. The van der Waals surface area contributed by atoms with Gasteiger partial charge >= 0.3 is 12.1 Å². The first-order chi connectivity index (χ1) is 10.4. The molecule has 0 aliphatic carbocycles. The van der Waals surface area contributed by atoms with Gasteiger partial charge in [0.2, 0.25) is 0 Å². The second-order valence-corrected chi connectivity index (χ2v) is 7.62. The second kappa shape index (κ2) is 5.48. The molecule has 0 atom stereocenters. The number of hydrogen-bond acceptors (Lipinski definition) is 5. The second-order valence-electron chi connectivity index (χ2n) is 5.07. The Morgan fingerprint density at radius 2 is 1.91 bits per heavy atom. The highest BCUT2D eigenvalue weighted by atomic mass is 32.2. The Morgan fingerprint density at radius 3 is 2.39 bits per heavy atom. The number of aromatic nitrogens is 3. The van der Waals surface area contributed by atoms with Crippen molar-refractivity contribution in [3.63, 3.8) is 0 Å². The van der Waals surface area contributed by atoms with Gasteiger partial charge in [-0.25, -0.2) is 13.2 Å². The Morgan fingerprint density at radius 1 is 1.30 bits per heavy atom. The van der Waals surface area contributed by atoms with Crippen LogP contribution < -0.4 is 0 Å². The lowest BCUT2D eigenvalue weighted by Crippen LogP contribution is -2.20. The van der Waals surface area contributed by atoms with Crippen LogP contribution in [0.2, 0.25) is 0 Å². The Labute approximate surface area is 128 Å². The van der Waals surface area contributed by atoms with Crippen LogP contribution in [0, 0.1) is 0 Å². The maximum Gasteiger partial charge on any atom is 0.431 e. The van der Waals surface area contributed by atoms with Gasteiger partial charge in [0.05, 0.1) is 5.25 Å². The van der Waals surface area contributed by atoms with E-state index in [1.54, 1.807) is 0 Å². The maximum atomic E-state index is 13.1. The van der Waals surface area contributed by atoms with Crippen LogP contribution in [0.1, 0.15) is 35.7 Å². The fourth-order valence-electron chi connectivity index (χ4n) is 1.88. The summed E-state index contributed by atoms with van der Waals surface area (Å²) in [5.41, 5.74) is -2.29. The van der Waals surface area contributed by atoms with Gasteiger partial charge in [0.15, 0.2) is 21.3 Å². The number of carbonyl (C=O) groups is 1. The zero-order valence-corrected chi connectivity index (χ0v) is 12.8. The summed E-state index contributed by atoms with van der Waals surface area (Å²) in [6.07, 6.45) is -4.83. The molecule has 0 saturated heterocycles. The number of rotatable bonds is 4. The van der Waals surface area contributed by atoms with Crippen LogP contribution >= 0.6 is 0 Å². The number of aromatic carboxylic acids is 1. The number of fused-ring (bicyclic) bond motifs is 1. The molecule has 2 aromatic rings. The highest BCUT2D eigenvalue weighted by Crippen LogP contribution is 2.31. The average Bonchev–Trinajstić information content (AvgIpc) is 2.79. The molecule has 0 aromatic carbocycles. The summed E-state index contributed by atoms with van der Waals surface area (Å²) in [5.74, 6) is -2.75. The van der Waals surface area contributed by atoms with Crippen LogP contribution in [0.5, 0.6) is 0 Å². The molecule has 0 aliphatic rings. The molecule has 0 saturated carbocycles. The molecular weight excluding hydrogens is 339 g/mol. The monoisotopic (exact) mass is 351 g/mol. The lowest BCUT2D eigenvalue weighted by atomic mass is 10.2. The van der Waals surface area contributed by atoms with E-state index in [9.17, 15) is 26.4 Å². The van der Waals surface area contributed by atoms with Crippen LogP contribution in [0.3, 0.4) is 0 Å². The molecule has 2 aromatic heterocycles. The summed E-state index contributed by atoms with van der Waals surface area (Å²) >= 11 is 0. The van der Waals surface area contributed by atoms with Gasteiger partial charge in [-0.3, -0.25) is 4.40 Å². The van der Waals surface area contributed by atoms with Gasteiger partial charge in [-0.15, -0.1) is 10.2 Å². The van der Waals surface area contributed by atoms with Crippen LogP contribution in [0.25, 0.3) is 5.65 Å². The number of alkyl halides is 3. The Bertz CT molecular complexity index is 872. The van der Waals surface area contributed by atoms with Crippen molar-refractivity contribution in [1.82, 2.24) is 14.6 Å². The molecule has 126 valence electrons. The molecular formula is C12H12F3N3O4S. The summed E-state index contributed by atoms with van der Waals surface area (Å²) in [4.78, 5) is 11.1. The number of sulfone groups is 1. The number of halogens is 3. The number of pyridine rings is 1. The van der Waals surface area contributed by atoms with E-state index in [-0.39, 0.29) is 0 Å². The molecule has 0 radical (unpaired) electrons. The number of carboxylic acids is 1. The Balaban J connectivity index is 2.78. The van der Waals surface area contributed by atoms with Crippen molar-refractivity contribution in [2.75, 3.05) is 0 Å². The molecule has 11 heteroatoms. The molecule has 0 amide bonds. The third kappa shape index (κ3) is 3.14. The van der Waals surface area contributed by atoms with Crippen molar-refractivity contribution >= 4 is 21.5 Å². The van der Waals surface area contributed by atoms with Gasteiger partial charge in [0.1, 0.15) is 17.0 Å². The number of hydrogen-bond donors (Lipinski definition) is 1. The molecule has 2 rings (SSSR count). The molecule has 0 aliphatic heterocycles. The van der Waals surface area contributed by atoms with Gasteiger partial charge in [0, 0.05) is 0 Å². The number of carboxylic acid groups (broad SMARTS) is 1. The Kier molecular flexibility index (Phi) is 4.09. The minimum atomic E-state index is -4.83. The van der Waals surface area contributed by atoms with Gasteiger partial charge in [-0.2, -0.15) is 13.2 Å². The van der Waals surface area contributed by atoms with Crippen LogP contribution in [0.4, 0.5) is 13.2 Å². The predicted molar refractivity (Wildman–Crippen MR) is 72.7 cm³/mol. The molecule has 0 spiro atoms. The standard InChI is InChI=1S/C12H12F3N3O4S/c1-6(2)23(21,22)5-9-16-17-10-7(11(19)20)3-4-8(18(9)10)12(13,14)15/h3-4,6H,5H2,1-2H3,(H,19,20). The third-order valence-electron chi connectivity index (χ3n) is 3.19. The van der Waals surface area contributed by atoms with E-state index < -0.39 is 55.7 Å². The molecule has 0 bridgehead atoms. The minimum absolute atomic E-state index is 0.434. The lowest BCUT2D eigenvalue weighted by molar-refractivity contribution is -0.142. The van der Waals surface area contributed by atoms with E-state index >= 15 is 0 Å². The molecule has 23 heavy (non-hydrogen) atoms. The summed E-state index contributed by atoms with van der Waals surface area (Å²) in [6, 6.07) is 1.32. The minimum Gasteiger partial charge on any atom is -0.478 e. The van der Waals surface area contributed by atoms with E-state index in [0.29, 0.717) is 10.5 Å². The van der Waals surface area contributed by atoms with Gasteiger partial charge in [0.25, 0.3) is 0 Å². The Hall–Kier alpha value is -2.17. The maximum absolute atomic E-state index is 13.1. The van der Waals surface area contributed by atoms with Crippen molar-refractivity contribution in [2.45, 2.75) is 31.0 Å². The van der Waals surface area contributed by atoms with E-state index in [0.717, 1.165) is 6.07 Å². The first-order valence-corrected chi connectivity index (χ1v) is 8.05. The largest absolute Gasteiger partial charge is 0.478 e. The van der Waals surface area contributed by atoms with Crippen LogP contribution in [0.15, 0.2) is 12.1 Å². The van der Waals surface area contributed by atoms with E-state index in [4.69, 9.17) is 5.11 Å². The van der Waals surface area contributed by atoms with Crippen molar-refractivity contribution in [2.24, 2.45) is 0 Å². The van der Waals surface area contributed by atoms with E-state index in [2.05, 4.69) is 10.2 Å². The highest BCUT2D eigenvalue weighted by Gasteiger charge is 2.36. The smallest absolute Gasteiger partial charge is 0.431 e. The van der Waals surface area contributed by atoms with Crippen molar-refractivity contribution in [3.8, 4) is 0 Å². The quantitative estimate of drug-likeness (QED) is 0.901. The number of nitrogens with zero attached hydrogens (tertiary/aromatic N) is 3. The molecule has 1 N–H and O–H groups in total. The van der Waals surface area contributed by atoms with Gasteiger partial charge in [-0.05, 0) is 26.0 Å². The summed E-state index contributed by atoms with van der Waals surface area (Å²) in [7, 11) is -3.75. The molecule has 0 fully saturated rings. The fraction of sp³-hybridized carbons (Fsp3) is 0.417. The first-order valence-electron chi connectivity index (χ1n) is 6.34. The highest BCUT2D eigenvalue weighted by molar-refractivity contribution is 7.91. The van der Waals surface area contributed by atoms with E-state index in [1.807, 2.05) is 0 Å². The van der Waals surface area contributed by atoms with Crippen LogP contribution in [-0.2, 0) is 21.8 Å². The summed E-state index contributed by atoms with van der Waals surface area (Å²) in [5, 5.41) is 15.1. The first kappa shape index (κ1) is 17.2. The fourth-order valence-corrected chi connectivity index (χ4v) is 2.76. The van der Waals surface area contributed by atoms with Crippen molar-refractivity contribution in [1.29, 1.82) is 0 Å². The van der Waals surface area contributed by atoms with E-state index in [1.165, 1.54) is 13.8 Å². The summed E-state index contributed by atoms with van der Waals surface area (Å²) in [6.45, 7) is 2.76. The molecule has 7 nitrogen and oxygen atoms in total. The average molecular weight is 351 g/mol. The summed E-state index contributed by atoms with van der Waals surface area (Å²) < 4.78 is 63.7. The van der Waals surface area contributed by atoms with Crippen molar-refractivity contribution < 1.29 is 31.5 Å². The third-order valence-corrected chi connectivity index (χ3v) is 5.29. The zero-order chi connectivity index (χ0) is 17.6. The lowest BCUT2D eigenvalue weighted by Gasteiger charge is -2.13. The molecule has 0 unspecified atom stereocenters. The SMILES string of the molecule is CC(C)S(=O)(=O)Cc1nnc2c(C(=O)O)ccc(C(F)(F)F)n12. The topological polar surface area (TPSA) is 102 Å². The van der Waals surface area contributed by atoms with Gasteiger partial charge < -0.3 is 5.11 Å². The zero-order valence-electron chi connectivity index (χ0n) is 12.0. The normalized spacial score (nSPS) is 13.0. The predicted octanol–water partition coefficient (Wildman–Crippen LogP) is 1.77. The van der Waals surface area contributed by atoms with Crippen molar-refractivity contribution in [3.05, 3.63) is 29.2 Å². The van der Waals surface area contributed by atoms with Gasteiger partial charge in [-0.1, -0.05) is 0 Å².